The Morgan fingerprint density at radius 2 is 1.90 bits per heavy atom. The Morgan fingerprint density at radius 1 is 1.24 bits per heavy atom. The zero-order valence-corrected chi connectivity index (χ0v) is 13.6. The Hall–Kier alpha value is -1.87. The zero-order chi connectivity index (χ0) is 15.4. The second-order valence-electron chi connectivity index (χ2n) is 5.77. The van der Waals surface area contributed by atoms with Crippen LogP contribution in [-0.4, -0.2) is 27.8 Å². The Bertz CT molecular complexity index is 608. The molecule has 0 radical (unpaired) electrons. The van der Waals surface area contributed by atoms with Crippen molar-refractivity contribution in [3.63, 3.8) is 0 Å². The number of likely N-dealkylation sites (N-methyl/N-ethyl adjacent to an activating group) is 1. The van der Waals surface area contributed by atoms with Gasteiger partial charge in [0.25, 0.3) is 0 Å². The smallest absolute Gasteiger partial charge is 0.0648 e. The van der Waals surface area contributed by atoms with Crippen molar-refractivity contribution in [2.24, 2.45) is 0 Å². The Balaban J connectivity index is 2.11. The number of hydrogen-bond acceptors (Lipinski definition) is 2. The first-order chi connectivity index (χ1) is 9.99. The third kappa shape index (κ3) is 4.05. The van der Waals surface area contributed by atoms with Gasteiger partial charge in [0.15, 0.2) is 0 Å². The molecule has 1 heterocycles. The quantitative estimate of drug-likeness (QED) is 0.750. The molecular formula is C18H25N3. The molecule has 112 valence electrons. The van der Waals surface area contributed by atoms with E-state index >= 15 is 0 Å². The molecule has 0 N–H and O–H groups in total. The zero-order valence-electron chi connectivity index (χ0n) is 13.6. The second-order valence-corrected chi connectivity index (χ2v) is 5.77. The van der Waals surface area contributed by atoms with Crippen LogP contribution in [0.25, 0.3) is 5.69 Å². The summed E-state index contributed by atoms with van der Waals surface area (Å²) >= 11 is 0. The second kappa shape index (κ2) is 6.72. The number of aryl methyl sites for hydroxylation is 2. The fourth-order valence-electron chi connectivity index (χ4n) is 2.55. The summed E-state index contributed by atoms with van der Waals surface area (Å²) < 4.78 is 1.99. The van der Waals surface area contributed by atoms with Gasteiger partial charge in [-0.3, -0.25) is 4.90 Å². The van der Waals surface area contributed by atoms with Gasteiger partial charge in [-0.05, 0) is 51.1 Å². The van der Waals surface area contributed by atoms with Crippen LogP contribution in [-0.2, 0) is 6.54 Å². The molecule has 0 aliphatic carbocycles. The first kappa shape index (κ1) is 15.5. The van der Waals surface area contributed by atoms with Gasteiger partial charge in [-0.1, -0.05) is 31.2 Å². The summed E-state index contributed by atoms with van der Waals surface area (Å²) in [5, 5.41) is 4.52. The van der Waals surface area contributed by atoms with E-state index in [1.807, 2.05) is 11.6 Å². The highest BCUT2D eigenvalue weighted by Crippen LogP contribution is 2.14. The van der Waals surface area contributed by atoms with Crippen LogP contribution in [0.3, 0.4) is 0 Å². The molecule has 0 saturated carbocycles. The third-order valence-electron chi connectivity index (χ3n) is 3.54. The molecule has 0 atom stereocenters. The number of nitrogens with zero attached hydrogens (tertiary/aromatic N) is 3. The SMILES string of the molecule is C=C(C)CN(CC)Cc1ccc(-n2nc(C)cc2C)cc1. The molecule has 0 aliphatic rings. The lowest BCUT2D eigenvalue weighted by atomic mass is 10.2. The molecule has 2 rings (SSSR count). The number of hydrogen-bond donors (Lipinski definition) is 0. The molecule has 21 heavy (non-hydrogen) atoms. The normalized spacial score (nSPS) is 11.1. The number of benzene rings is 1. The fraction of sp³-hybridized carbons (Fsp3) is 0.389. The van der Waals surface area contributed by atoms with E-state index in [9.17, 15) is 0 Å². The van der Waals surface area contributed by atoms with Crippen molar-refractivity contribution in [3.05, 3.63) is 59.4 Å². The van der Waals surface area contributed by atoms with E-state index in [4.69, 9.17) is 0 Å². The van der Waals surface area contributed by atoms with E-state index in [1.54, 1.807) is 0 Å². The minimum atomic E-state index is 0.954. The lowest BCUT2D eigenvalue weighted by Crippen LogP contribution is -2.24. The first-order valence-electron chi connectivity index (χ1n) is 7.49. The minimum Gasteiger partial charge on any atom is -0.295 e. The van der Waals surface area contributed by atoms with Crippen LogP contribution < -0.4 is 0 Å². The van der Waals surface area contributed by atoms with Crippen molar-refractivity contribution in [2.75, 3.05) is 13.1 Å². The van der Waals surface area contributed by atoms with Gasteiger partial charge in [0, 0.05) is 18.8 Å². The van der Waals surface area contributed by atoms with Crippen molar-refractivity contribution in [3.8, 4) is 5.69 Å². The summed E-state index contributed by atoms with van der Waals surface area (Å²) in [5.74, 6) is 0. The lowest BCUT2D eigenvalue weighted by molar-refractivity contribution is 0.304. The van der Waals surface area contributed by atoms with Gasteiger partial charge in [0.05, 0.1) is 11.4 Å². The summed E-state index contributed by atoms with van der Waals surface area (Å²) in [6.45, 7) is 15.3. The highest BCUT2D eigenvalue weighted by molar-refractivity contribution is 5.36. The number of aromatic nitrogens is 2. The van der Waals surface area contributed by atoms with Crippen LogP contribution in [0.2, 0.25) is 0 Å². The Labute approximate surface area is 127 Å². The molecule has 0 amide bonds. The summed E-state index contributed by atoms with van der Waals surface area (Å²) in [6.07, 6.45) is 0. The van der Waals surface area contributed by atoms with Crippen LogP contribution in [0, 0.1) is 13.8 Å². The summed E-state index contributed by atoms with van der Waals surface area (Å²) in [7, 11) is 0. The van der Waals surface area contributed by atoms with Crippen LogP contribution in [0.5, 0.6) is 0 Å². The van der Waals surface area contributed by atoms with E-state index in [0.717, 1.165) is 36.7 Å². The fourth-order valence-corrected chi connectivity index (χ4v) is 2.55. The van der Waals surface area contributed by atoms with E-state index in [0.29, 0.717) is 0 Å². The van der Waals surface area contributed by atoms with E-state index in [-0.39, 0.29) is 0 Å². The topological polar surface area (TPSA) is 21.1 Å². The predicted molar refractivity (Wildman–Crippen MR) is 88.8 cm³/mol. The van der Waals surface area contributed by atoms with E-state index in [2.05, 4.69) is 67.7 Å². The van der Waals surface area contributed by atoms with Gasteiger partial charge in [0.1, 0.15) is 0 Å². The summed E-state index contributed by atoms with van der Waals surface area (Å²) in [6, 6.07) is 10.8. The number of rotatable bonds is 6. The highest BCUT2D eigenvalue weighted by atomic mass is 15.3. The van der Waals surface area contributed by atoms with Crippen LogP contribution >= 0.6 is 0 Å². The molecule has 3 nitrogen and oxygen atoms in total. The molecule has 1 aromatic carbocycles. The van der Waals surface area contributed by atoms with Gasteiger partial charge >= 0.3 is 0 Å². The van der Waals surface area contributed by atoms with Crippen molar-refractivity contribution in [1.82, 2.24) is 14.7 Å². The predicted octanol–water partition coefficient (Wildman–Crippen LogP) is 3.89. The van der Waals surface area contributed by atoms with Gasteiger partial charge in [0.2, 0.25) is 0 Å². The van der Waals surface area contributed by atoms with Crippen LogP contribution in [0.4, 0.5) is 0 Å². The molecule has 0 aliphatic heterocycles. The van der Waals surface area contributed by atoms with Gasteiger partial charge < -0.3 is 0 Å². The molecule has 2 aromatic rings. The molecule has 1 aromatic heterocycles. The summed E-state index contributed by atoms with van der Waals surface area (Å²) in [5.41, 5.74) is 5.86. The molecule has 0 spiro atoms. The standard InChI is InChI=1S/C18H25N3/c1-6-20(12-14(2)3)13-17-7-9-18(10-8-17)21-16(5)11-15(4)19-21/h7-11H,2,6,12-13H2,1,3-5H3. The lowest BCUT2D eigenvalue weighted by Gasteiger charge is -2.20. The van der Waals surface area contributed by atoms with Crippen molar-refractivity contribution in [1.29, 1.82) is 0 Å². The van der Waals surface area contributed by atoms with Crippen molar-refractivity contribution >= 4 is 0 Å². The van der Waals surface area contributed by atoms with Gasteiger partial charge in [-0.25, -0.2) is 4.68 Å². The Kier molecular flexibility index (Phi) is 4.97. The molecule has 0 fully saturated rings. The first-order valence-corrected chi connectivity index (χ1v) is 7.49. The largest absolute Gasteiger partial charge is 0.295 e. The minimum absolute atomic E-state index is 0.954. The van der Waals surface area contributed by atoms with Crippen molar-refractivity contribution in [2.45, 2.75) is 34.2 Å². The monoisotopic (exact) mass is 283 g/mol. The average Bonchev–Trinajstić information content (AvgIpc) is 2.77. The maximum Gasteiger partial charge on any atom is 0.0648 e. The van der Waals surface area contributed by atoms with E-state index < -0.39 is 0 Å². The highest BCUT2D eigenvalue weighted by Gasteiger charge is 2.06. The van der Waals surface area contributed by atoms with Crippen molar-refractivity contribution < 1.29 is 0 Å². The van der Waals surface area contributed by atoms with Crippen LogP contribution in [0.15, 0.2) is 42.5 Å². The summed E-state index contributed by atoms with van der Waals surface area (Å²) in [4.78, 5) is 2.39. The van der Waals surface area contributed by atoms with Gasteiger partial charge in [-0.15, -0.1) is 0 Å². The molecule has 0 unspecified atom stereocenters. The van der Waals surface area contributed by atoms with Gasteiger partial charge in [-0.2, -0.15) is 5.10 Å². The van der Waals surface area contributed by atoms with Crippen LogP contribution in [0.1, 0.15) is 30.8 Å². The maximum atomic E-state index is 4.52. The average molecular weight is 283 g/mol. The molecule has 0 bridgehead atoms. The maximum absolute atomic E-state index is 4.52. The molecular weight excluding hydrogens is 258 g/mol. The Morgan fingerprint density at radius 3 is 2.38 bits per heavy atom. The molecule has 3 heteroatoms. The molecule has 0 saturated heterocycles. The van der Waals surface area contributed by atoms with E-state index in [1.165, 1.54) is 11.1 Å². The third-order valence-corrected chi connectivity index (χ3v) is 3.54.